The maximum Gasteiger partial charge on any atom is 0.179 e. The smallest absolute Gasteiger partial charge is 0.179 e. The Morgan fingerprint density at radius 1 is 1.19 bits per heavy atom. The monoisotopic (exact) mass is 240 g/mol. The topological polar surface area (TPSA) is 31.0 Å². The molecule has 0 aromatic rings. The lowest BCUT2D eigenvalue weighted by molar-refractivity contribution is -0.143. The first-order valence-electron chi connectivity index (χ1n) is 5.73. The lowest BCUT2D eigenvalue weighted by Gasteiger charge is -2.18. The summed E-state index contributed by atoms with van der Waals surface area (Å²) in [6.45, 7) is 11.8. The highest BCUT2D eigenvalue weighted by Crippen LogP contribution is 2.38. The molecule has 2 saturated heterocycles. The summed E-state index contributed by atoms with van der Waals surface area (Å²) in [6.07, 6.45) is -0.0358. The Hall–Kier alpha value is -0.343. The van der Waals surface area contributed by atoms with Gasteiger partial charge in [-0.25, -0.2) is 0 Å². The van der Waals surface area contributed by atoms with Gasteiger partial charge in [-0.15, -0.1) is 5.54 Å². The summed E-state index contributed by atoms with van der Waals surface area (Å²) in [7, 11) is -1.35. The van der Waals surface area contributed by atoms with Crippen molar-refractivity contribution in [2.75, 3.05) is 13.2 Å². The lowest BCUT2D eigenvalue weighted by Crippen LogP contribution is -2.33. The van der Waals surface area contributed by atoms with Crippen LogP contribution in [0.1, 0.15) is 13.8 Å². The molecule has 0 unspecified atom stereocenters. The van der Waals surface area contributed by atoms with Gasteiger partial charge in [0, 0.05) is 0 Å². The van der Waals surface area contributed by atoms with Crippen LogP contribution in [0, 0.1) is 11.5 Å². The molecule has 0 aromatic carbocycles. The molecule has 2 aliphatic rings. The normalized spacial score (nSPS) is 36.7. The van der Waals surface area contributed by atoms with E-state index in [1.165, 1.54) is 0 Å². The summed E-state index contributed by atoms with van der Waals surface area (Å²) in [5, 5.41) is 0. The Morgan fingerprint density at radius 2 is 1.81 bits per heavy atom. The number of hydrogen-bond donors (Lipinski definition) is 0. The molecule has 0 aliphatic carbocycles. The van der Waals surface area contributed by atoms with Crippen molar-refractivity contribution in [1.29, 1.82) is 0 Å². The molecule has 2 fully saturated rings. The minimum absolute atomic E-state index is 0.0358. The number of rotatable bonds is 1. The van der Waals surface area contributed by atoms with Crippen molar-refractivity contribution in [1.82, 2.24) is 0 Å². The van der Waals surface area contributed by atoms with Gasteiger partial charge in [0.15, 0.2) is 11.4 Å². The van der Waals surface area contributed by atoms with E-state index in [1.807, 2.05) is 13.8 Å². The zero-order valence-electron chi connectivity index (χ0n) is 10.7. The van der Waals surface area contributed by atoms with Crippen LogP contribution in [0.4, 0.5) is 0 Å². The fraction of sp³-hybridized carbons (Fsp3) is 0.833. The third-order valence-corrected chi connectivity index (χ3v) is 3.51. The summed E-state index contributed by atoms with van der Waals surface area (Å²) in [6, 6.07) is 0. The summed E-state index contributed by atoms with van der Waals surface area (Å²) in [4.78, 5) is 0. The third kappa shape index (κ3) is 2.66. The third-order valence-electron chi connectivity index (χ3n) is 2.63. The largest absolute Gasteiger partial charge is 0.353 e. The molecule has 0 aromatic heterocycles. The van der Waals surface area contributed by atoms with Crippen LogP contribution < -0.4 is 0 Å². The van der Waals surface area contributed by atoms with Gasteiger partial charge in [0.05, 0.1) is 13.2 Å². The van der Waals surface area contributed by atoms with Crippen molar-refractivity contribution in [3.63, 3.8) is 0 Å². The highest BCUT2D eigenvalue weighted by Gasteiger charge is 2.56. The number of hydrogen-bond acceptors (Lipinski definition) is 3. The van der Waals surface area contributed by atoms with Gasteiger partial charge in [-0.1, -0.05) is 25.6 Å². The van der Waals surface area contributed by atoms with Crippen LogP contribution in [0.25, 0.3) is 0 Å². The fourth-order valence-electron chi connectivity index (χ4n) is 1.63. The molecule has 0 saturated carbocycles. The predicted molar refractivity (Wildman–Crippen MR) is 64.7 cm³/mol. The van der Waals surface area contributed by atoms with Gasteiger partial charge >= 0.3 is 0 Å². The van der Waals surface area contributed by atoms with Gasteiger partial charge < -0.3 is 14.2 Å². The van der Waals surface area contributed by atoms with Crippen molar-refractivity contribution in [3.8, 4) is 11.5 Å². The van der Waals surface area contributed by atoms with Crippen LogP contribution in [-0.4, -0.2) is 38.8 Å². The Labute approximate surface area is 98.5 Å². The van der Waals surface area contributed by atoms with E-state index in [1.54, 1.807) is 0 Å². The zero-order valence-corrected chi connectivity index (χ0v) is 11.7. The first-order valence-corrected chi connectivity index (χ1v) is 9.23. The molecule has 2 heterocycles. The Morgan fingerprint density at radius 3 is 2.19 bits per heavy atom. The average Bonchev–Trinajstić information content (AvgIpc) is 2.82. The maximum atomic E-state index is 5.81. The van der Waals surface area contributed by atoms with Gasteiger partial charge in [0.25, 0.3) is 0 Å². The summed E-state index contributed by atoms with van der Waals surface area (Å²) in [5.74, 6) is 2.78. The van der Waals surface area contributed by atoms with Crippen molar-refractivity contribution in [2.24, 2.45) is 0 Å². The van der Waals surface area contributed by atoms with Crippen LogP contribution in [-0.2, 0) is 14.2 Å². The Balaban J connectivity index is 2.07. The van der Waals surface area contributed by atoms with Gasteiger partial charge in [-0.3, -0.25) is 0 Å². The number of ether oxygens (including phenoxy) is 3. The van der Waals surface area contributed by atoms with E-state index >= 15 is 0 Å². The van der Waals surface area contributed by atoms with E-state index in [2.05, 4.69) is 31.1 Å². The molecule has 2 rings (SSSR count). The minimum atomic E-state index is -1.35. The van der Waals surface area contributed by atoms with E-state index < -0.39 is 13.9 Å². The predicted octanol–water partition coefficient (Wildman–Crippen LogP) is 1.79. The van der Waals surface area contributed by atoms with Crippen LogP contribution in [0.5, 0.6) is 0 Å². The second-order valence-corrected chi connectivity index (χ2v) is 10.7. The first-order chi connectivity index (χ1) is 7.23. The van der Waals surface area contributed by atoms with E-state index in [0.717, 1.165) is 0 Å². The molecule has 0 amide bonds. The van der Waals surface area contributed by atoms with Gasteiger partial charge in [0.1, 0.15) is 14.2 Å². The van der Waals surface area contributed by atoms with E-state index in [4.69, 9.17) is 14.2 Å². The number of epoxide rings is 1. The zero-order chi connectivity index (χ0) is 12.0. The van der Waals surface area contributed by atoms with Crippen molar-refractivity contribution < 1.29 is 14.2 Å². The van der Waals surface area contributed by atoms with E-state index in [0.29, 0.717) is 13.2 Å². The minimum Gasteiger partial charge on any atom is -0.353 e. The highest BCUT2D eigenvalue weighted by atomic mass is 28.3. The van der Waals surface area contributed by atoms with Gasteiger partial charge in [0.2, 0.25) is 0 Å². The molecule has 0 N–H and O–H groups in total. The quantitative estimate of drug-likeness (QED) is 0.398. The van der Waals surface area contributed by atoms with Gasteiger partial charge in [-0.05, 0) is 13.8 Å². The SMILES string of the molecule is CC1(C)OC[C@H]([C@@]2(C#C[Si](C)(C)C)CO2)O1. The maximum absolute atomic E-state index is 5.81. The summed E-state index contributed by atoms with van der Waals surface area (Å²) >= 11 is 0. The molecule has 0 radical (unpaired) electrons. The van der Waals surface area contributed by atoms with Crippen LogP contribution in [0.15, 0.2) is 0 Å². The van der Waals surface area contributed by atoms with Crippen LogP contribution in [0.2, 0.25) is 19.6 Å². The lowest BCUT2D eigenvalue weighted by atomic mass is 10.1. The average molecular weight is 240 g/mol. The molecular weight excluding hydrogens is 220 g/mol. The molecule has 90 valence electrons. The van der Waals surface area contributed by atoms with Gasteiger partial charge in [-0.2, -0.15) is 0 Å². The van der Waals surface area contributed by atoms with Crippen LogP contribution in [0.3, 0.4) is 0 Å². The fourth-order valence-corrected chi connectivity index (χ4v) is 2.21. The molecule has 0 spiro atoms. The molecular formula is C12H20O3Si. The van der Waals surface area contributed by atoms with E-state index in [-0.39, 0.29) is 11.7 Å². The molecule has 4 heteroatoms. The molecule has 0 bridgehead atoms. The van der Waals surface area contributed by atoms with Crippen LogP contribution >= 0.6 is 0 Å². The molecule has 2 atom stereocenters. The first kappa shape index (κ1) is 12.1. The van der Waals surface area contributed by atoms with E-state index in [9.17, 15) is 0 Å². The van der Waals surface area contributed by atoms with Crippen molar-refractivity contribution in [3.05, 3.63) is 0 Å². The molecule has 16 heavy (non-hydrogen) atoms. The highest BCUT2D eigenvalue weighted by molar-refractivity contribution is 6.83. The second-order valence-electron chi connectivity index (χ2n) is 6.00. The molecule has 3 nitrogen and oxygen atoms in total. The second kappa shape index (κ2) is 3.57. The Kier molecular flexibility index (Phi) is 2.71. The molecule has 2 aliphatic heterocycles. The summed E-state index contributed by atoms with van der Waals surface area (Å²) in [5.41, 5.74) is 2.98. The Bertz CT molecular complexity index is 342. The standard InChI is InChI=1S/C12H20O3Si/c1-11(2)13-8-10(15-11)12(9-14-12)6-7-16(3,4)5/h10H,8-9H2,1-5H3/t10-,12-/m1/s1. The van der Waals surface area contributed by atoms with Crippen molar-refractivity contribution in [2.45, 2.75) is 51.0 Å². The van der Waals surface area contributed by atoms with Crippen molar-refractivity contribution >= 4 is 8.07 Å². The summed E-state index contributed by atoms with van der Waals surface area (Å²) < 4.78 is 16.9.